The number of rotatable bonds is 6. The summed E-state index contributed by atoms with van der Waals surface area (Å²) in [4.78, 5) is 13.4. The van der Waals surface area contributed by atoms with Crippen molar-refractivity contribution in [2.75, 3.05) is 27.2 Å². The number of likely N-dealkylation sites (tertiary alicyclic amines) is 1. The molecule has 0 radical (unpaired) electrons. The van der Waals surface area contributed by atoms with E-state index in [1.54, 1.807) is 14.0 Å². The van der Waals surface area contributed by atoms with Gasteiger partial charge in [-0.3, -0.25) is 4.79 Å². The van der Waals surface area contributed by atoms with Crippen LogP contribution in [0.4, 0.5) is 0 Å². The molecule has 1 unspecified atom stereocenters. The summed E-state index contributed by atoms with van der Waals surface area (Å²) in [6.45, 7) is 3.76. The van der Waals surface area contributed by atoms with Crippen LogP contribution in [0.1, 0.15) is 25.3 Å². The van der Waals surface area contributed by atoms with Crippen molar-refractivity contribution in [3.05, 3.63) is 23.8 Å². The Kier molecular flexibility index (Phi) is 5.66. The molecule has 1 heterocycles. The second kappa shape index (κ2) is 7.49. The fourth-order valence-electron chi connectivity index (χ4n) is 2.75. The minimum Gasteiger partial charge on any atom is -0.493 e. The molecule has 1 atom stereocenters. The third-order valence-corrected chi connectivity index (χ3v) is 4.17. The van der Waals surface area contributed by atoms with Crippen LogP contribution in [-0.4, -0.2) is 49.3 Å². The lowest BCUT2D eigenvalue weighted by molar-refractivity contribution is -0.141. The van der Waals surface area contributed by atoms with Crippen LogP contribution in [0.15, 0.2) is 18.2 Å². The maximum absolute atomic E-state index is 11.1. The van der Waals surface area contributed by atoms with Crippen LogP contribution in [0.3, 0.4) is 0 Å². The summed E-state index contributed by atoms with van der Waals surface area (Å²) < 4.78 is 11.6. The molecule has 1 aromatic rings. The van der Waals surface area contributed by atoms with Crippen molar-refractivity contribution in [3.63, 3.8) is 0 Å². The molecule has 0 aliphatic carbocycles. The molecule has 1 saturated heterocycles. The molecule has 22 heavy (non-hydrogen) atoms. The largest absolute Gasteiger partial charge is 0.493 e. The number of carbonyl (C=O) groups is 1. The van der Waals surface area contributed by atoms with Gasteiger partial charge in [0, 0.05) is 13.1 Å². The Morgan fingerprint density at radius 3 is 2.68 bits per heavy atom. The summed E-state index contributed by atoms with van der Waals surface area (Å²) in [5.41, 5.74) is 0.878. The number of piperidine rings is 1. The van der Waals surface area contributed by atoms with E-state index in [2.05, 4.69) is 11.9 Å². The molecule has 122 valence electrons. The van der Waals surface area contributed by atoms with E-state index in [-0.39, 0.29) is 6.10 Å². The van der Waals surface area contributed by atoms with E-state index in [4.69, 9.17) is 14.6 Å². The summed E-state index contributed by atoms with van der Waals surface area (Å²) in [6.07, 6.45) is 2.62. The van der Waals surface area contributed by atoms with Gasteiger partial charge in [0.15, 0.2) is 11.5 Å². The highest BCUT2D eigenvalue weighted by Gasteiger charge is 2.21. The molecule has 0 aromatic heterocycles. The number of para-hydroxylation sites is 1. The Balaban J connectivity index is 2.12. The van der Waals surface area contributed by atoms with Crippen LogP contribution in [0.2, 0.25) is 0 Å². The van der Waals surface area contributed by atoms with Gasteiger partial charge in [-0.15, -0.1) is 0 Å². The Hall–Kier alpha value is -1.75. The van der Waals surface area contributed by atoms with Gasteiger partial charge in [0.1, 0.15) is 6.10 Å². The van der Waals surface area contributed by atoms with Gasteiger partial charge < -0.3 is 19.5 Å². The maximum Gasteiger partial charge on any atom is 0.306 e. The predicted molar refractivity (Wildman–Crippen MR) is 84.6 cm³/mol. The monoisotopic (exact) mass is 307 g/mol. The van der Waals surface area contributed by atoms with E-state index < -0.39 is 11.9 Å². The number of hydrogen-bond acceptors (Lipinski definition) is 4. The van der Waals surface area contributed by atoms with Gasteiger partial charge in [-0.2, -0.15) is 0 Å². The maximum atomic E-state index is 11.1. The minimum atomic E-state index is -0.802. The molecule has 0 bridgehead atoms. The topological polar surface area (TPSA) is 59.0 Å². The van der Waals surface area contributed by atoms with Gasteiger partial charge in [0.2, 0.25) is 0 Å². The molecule has 0 amide bonds. The Labute approximate surface area is 131 Å². The van der Waals surface area contributed by atoms with Crippen LogP contribution < -0.4 is 9.47 Å². The smallest absolute Gasteiger partial charge is 0.306 e. The molecule has 1 aliphatic rings. The third-order valence-electron chi connectivity index (χ3n) is 4.17. The normalized spacial score (nSPS) is 18.0. The molecule has 0 spiro atoms. The fraction of sp³-hybridized carbons (Fsp3) is 0.588. The number of benzene rings is 1. The van der Waals surface area contributed by atoms with Crippen molar-refractivity contribution >= 4 is 5.97 Å². The highest BCUT2D eigenvalue weighted by Crippen LogP contribution is 2.34. The molecule has 2 rings (SSSR count). The minimum absolute atomic E-state index is 0.192. The van der Waals surface area contributed by atoms with Crippen LogP contribution in [0.5, 0.6) is 11.5 Å². The van der Waals surface area contributed by atoms with Crippen molar-refractivity contribution in [3.8, 4) is 11.5 Å². The molecule has 1 fully saturated rings. The second-order valence-electron chi connectivity index (χ2n) is 6.01. The molecule has 1 aromatic carbocycles. The molecule has 5 nitrogen and oxygen atoms in total. The highest BCUT2D eigenvalue weighted by atomic mass is 16.5. The predicted octanol–water partition coefficient (Wildman–Crippen LogP) is 2.43. The van der Waals surface area contributed by atoms with Gasteiger partial charge in [-0.05, 0) is 37.9 Å². The van der Waals surface area contributed by atoms with Crippen LogP contribution in [0.25, 0.3) is 0 Å². The Morgan fingerprint density at radius 1 is 1.41 bits per heavy atom. The van der Waals surface area contributed by atoms with Crippen molar-refractivity contribution in [1.29, 1.82) is 0 Å². The number of nitrogens with zero attached hydrogens (tertiary/aromatic N) is 1. The lowest BCUT2D eigenvalue weighted by Gasteiger charge is -2.30. The van der Waals surface area contributed by atoms with Crippen molar-refractivity contribution < 1.29 is 19.4 Å². The molecule has 0 saturated carbocycles. The molecule has 5 heteroatoms. The van der Waals surface area contributed by atoms with E-state index >= 15 is 0 Å². The van der Waals surface area contributed by atoms with E-state index in [0.29, 0.717) is 17.9 Å². The number of methoxy groups -OCH3 is 1. The molecular formula is C17H25NO4. The highest BCUT2D eigenvalue weighted by molar-refractivity contribution is 5.70. The SMILES string of the molecule is COc1c(CC(C)C(=O)O)cccc1OC1CCN(C)CC1. The Morgan fingerprint density at radius 2 is 2.09 bits per heavy atom. The van der Waals surface area contributed by atoms with Gasteiger partial charge in [-0.25, -0.2) is 0 Å². The summed E-state index contributed by atoms with van der Waals surface area (Å²) in [5, 5.41) is 9.09. The standard InChI is InChI=1S/C17H25NO4/c1-12(17(19)20)11-13-5-4-6-15(16(13)21-3)22-14-7-9-18(2)10-8-14/h4-6,12,14H,7-11H2,1-3H3,(H,19,20). The first kappa shape index (κ1) is 16.6. The van der Waals surface area contributed by atoms with E-state index in [1.165, 1.54) is 0 Å². The van der Waals surface area contributed by atoms with E-state index in [1.807, 2.05) is 18.2 Å². The zero-order chi connectivity index (χ0) is 16.1. The fourth-order valence-corrected chi connectivity index (χ4v) is 2.75. The van der Waals surface area contributed by atoms with Crippen LogP contribution in [0, 0.1) is 5.92 Å². The van der Waals surface area contributed by atoms with Crippen molar-refractivity contribution in [2.24, 2.45) is 5.92 Å². The lowest BCUT2D eigenvalue weighted by atomic mass is 10.00. The van der Waals surface area contributed by atoms with Gasteiger partial charge >= 0.3 is 5.97 Å². The summed E-state index contributed by atoms with van der Waals surface area (Å²) in [6, 6.07) is 5.70. The summed E-state index contributed by atoms with van der Waals surface area (Å²) >= 11 is 0. The first-order valence-corrected chi connectivity index (χ1v) is 7.75. The zero-order valence-corrected chi connectivity index (χ0v) is 13.5. The van der Waals surface area contributed by atoms with Crippen molar-refractivity contribution in [1.82, 2.24) is 4.90 Å². The molecule has 1 aliphatic heterocycles. The van der Waals surface area contributed by atoms with Crippen molar-refractivity contribution in [2.45, 2.75) is 32.3 Å². The van der Waals surface area contributed by atoms with E-state index in [0.717, 1.165) is 31.5 Å². The zero-order valence-electron chi connectivity index (χ0n) is 13.5. The summed E-state index contributed by atoms with van der Waals surface area (Å²) in [5.74, 6) is 0.123. The number of ether oxygens (including phenoxy) is 2. The average Bonchev–Trinajstić information content (AvgIpc) is 2.49. The first-order valence-electron chi connectivity index (χ1n) is 7.75. The van der Waals surface area contributed by atoms with Crippen LogP contribution >= 0.6 is 0 Å². The quantitative estimate of drug-likeness (QED) is 0.874. The molecular weight excluding hydrogens is 282 g/mol. The molecule has 1 N–H and O–H groups in total. The first-order chi connectivity index (χ1) is 10.5. The lowest BCUT2D eigenvalue weighted by Crippen LogP contribution is -2.35. The van der Waals surface area contributed by atoms with Gasteiger partial charge in [0.05, 0.1) is 13.0 Å². The number of carboxylic acid groups (broad SMARTS) is 1. The number of aliphatic carboxylic acids is 1. The average molecular weight is 307 g/mol. The van der Waals surface area contributed by atoms with E-state index in [9.17, 15) is 4.79 Å². The number of carboxylic acids is 1. The second-order valence-corrected chi connectivity index (χ2v) is 6.01. The summed E-state index contributed by atoms with van der Waals surface area (Å²) in [7, 11) is 3.72. The third kappa shape index (κ3) is 4.13. The van der Waals surface area contributed by atoms with Gasteiger partial charge in [0.25, 0.3) is 0 Å². The Bertz CT molecular complexity index is 509. The van der Waals surface area contributed by atoms with Gasteiger partial charge in [-0.1, -0.05) is 19.1 Å². The number of hydrogen-bond donors (Lipinski definition) is 1. The van der Waals surface area contributed by atoms with Crippen LogP contribution in [-0.2, 0) is 11.2 Å².